The Bertz CT molecular complexity index is 786. The Morgan fingerprint density at radius 3 is 2.73 bits per heavy atom. The quantitative estimate of drug-likeness (QED) is 0.777. The first kappa shape index (κ1) is 14.6. The van der Waals surface area contributed by atoms with Gasteiger partial charge in [-0.15, -0.1) is 0 Å². The Morgan fingerprint density at radius 1 is 1.27 bits per heavy atom. The molecule has 7 heteroatoms. The van der Waals surface area contributed by atoms with Gasteiger partial charge < -0.3 is 5.32 Å². The minimum absolute atomic E-state index is 0.254. The number of nitrogens with one attached hydrogen (secondary N) is 1. The first-order valence-electron chi connectivity index (χ1n) is 6.60. The summed E-state index contributed by atoms with van der Waals surface area (Å²) in [4.78, 5) is 0. The third-order valence-electron chi connectivity index (χ3n) is 3.14. The third kappa shape index (κ3) is 3.27. The van der Waals surface area contributed by atoms with Crippen LogP contribution in [0.25, 0.3) is 0 Å². The molecule has 0 saturated heterocycles. The van der Waals surface area contributed by atoms with E-state index in [2.05, 4.69) is 45.1 Å². The van der Waals surface area contributed by atoms with Crippen LogP contribution >= 0.6 is 23.1 Å². The highest BCUT2D eigenvalue weighted by molar-refractivity contribution is 7.10. The van der Waals surface area contributed by atoms with E-state index in [-0.39, 0.29) is 5.15 Å². The van der Waals surface area contributed by atoms with Gasteiger partial charge in [0.2, 0.25) is 0 Å². The molecule has 5 nitrogen and oxygen atoms in total. The molecular weight excluding hydrogens is 318 g/mol. The molecule has 22 heavy (non-hydrogen) atoms. The minimum Gasteiger partial charge on any atom is -0.370 e. The molecular formula is C15H12ClN5S. The van der Waals surface area contributed by atoms with Crippen LogP contribution in [-0.4, -0.2) is 14.2 Å². The van der Waals surface area contributed by atoms with E-state index in [1.165, 1.54) is 17.1 Å². The lowest BCUT2D eigenvalue weighted by Crippen LogP contribution is -2.02. The molecule has 0 spiro atoms. The Kier molecular flexibility index (Phi) is 4.37. The molecule has 110 valence electrons. The standard InChI is InChI=1S/C15H12ClN5S/c16-14-13(8-17)15(22-20-14)18-9-11-2-4-12(5-3-11)10-21-7-1-6-19-21/h1-7,18H,9-10H2. The van der Waals surface area contributed by atoms with Crippen molar-refractivity contribution in [1.29, 1.82) is 5.26 Å². The number of nitriles is 1. The van der Waals surface area contributed by atoms with Crippen molar-refractivity contribution in [2.75, 3.05) is 5.32 Å². The van der Waals surface area contributed by atoms with Gasteiger partial charge in [-0.3, -0.25) is 4.68 Å². The van der Waals surface area contributed by atoms with Gasteiger partial charge in [0.15, 0.2) is 5.15 Å². The fourth-order valence-corrected chi connectivity index (χ4v) is 2.94. The number of aromatic nitrogens is 3. The Morgan fingerprint density at radius 2 is 2.05 bits per heavy atom. The number of hydrogen-bond acceptors (Lipinski definition) is 5. The molecule has 0 aliphatic heterocycles. The summed E-state index contributed by atoms with van der Waals surface area (Å²) >= 11 is 7.04. The van der Waals surface area contributed by atoms with Gasteiger partial charge in [-0.25, -0.2) is 0 Å². The number of anilines is 1. The molecule has 0 radical (unpaired) electrons. The summed E-state index contributed by atoms with van der Waals surface area (Å²) in [6, 6.07) is 12.2. The van der Waals surface area contributed by atoms with Gasteiger partial charge in [0, 0.05) is 18.9 Å². The van der Waals surface area contributed by atoms with Crippen LogP contribution in [-0.2, 0) is 13.1 Å². The van der Waals surface area contributed by atoms with Gasteiger partial charge in [0.25, 0.3) is 0 Å². The maximum Gasteiger partial charge on any atom is 0.162 e. The fourth-order valence-electron chi connectivity index (χ4n) is 2.01. The second-order valence-corrected chi connectivity index (χ2v) is 5.79. The predicted molar refractivity (Wildman–Crippen MR) is 86.9 cm³/mol. The normalized spacial score (nSPS) is 10.4. The van der Waals surface area contributed by atoms with Crippen LogP contribution in [0.1, 0.15) is 16.7 Å². The second-order valence-electron chi connectivity index (χ2n) is 4.66. The van der Waals surface area contributed by atoms with Gasteiger partial charge >= 0.3 is 0 Å². The molecule has 0 fully saturated rings. The maximum atomic E-state index is 9.03. The van der Waals surface area contributed by atoms with Crippen molar-refractivity contribution in [2.45, 2.75) is 13.1 Å². The van der Waals surface area contributed by atoms with Crippen molar-refractivity contribution in [3.63, 3.8) is 0 Å². The molecule has 0 amide bonds. The van der Waals surface area contributed by atoms with Crippen LogP contribution in [0.2, 0.25) is 5.15 Å². The number of rotatable bonds is 5. The average Bonchev–Trinajstić information content (AvgIpc) is 3.16. The van der Waals surface area contributed by atoms with Gasteiger partial charge in [0.1, 0.15) is 16.6 Å². The van der Waals surface area contributed by atoms with Crippen molar-refractivity contribution in [3.05, 3.63) is 64.6 Å². The smallest absolute Gasteiger partial charge is 0.162 e. The molecule has 2 aromatic heterocycles. The van der Waals surface area contributed by atoms with Crippen LogP contribution < -0.4 is 5.32 Å². The molecule has 3 rings (SSSR count). The summed E-state index contributed by atoms with van der Waals surface area (Å²) in [6.45, 7) is 1.37. The van der Waals surface area contributed by atoms with Crippen LogP contribution in [0.5, 0.6) is 0 Å². The van der Waals surface area contributed by atoms with Gasteiger partial charge in [-0.2, -0.15) is 14.7 Å². The molecule has 2 heterocycles. The summed E-state index contributed by atoms with van der Waals surface area (Å²) in [5.41, 5.74) is 2.71. The second kappa shape index (κ2) is 6.60. The minimum atomic E-state index is 0.254. The topological polar surface area (TPSA) is 66.5 Å². The van der Waals surface area contributed by atoms with Crippen LogP contribution in [0.3, 0.4) is 0 Å². The van der Waals surface area contributed by atoms with E-state index in [0.717, 1.165) is 12.1 Å². The Balaban J connectivity index is 1.63. The fraction of sp³-hybridized carbons (Fsp3) is 0.133. The van der Waals surface area contributed by atoms with Crippen molar-refractivity contribution in [1.82, 2.24) is 14.2 Å². The molecule has 0 aliphatic carbocycles. The highest BCUT2D eigenvalue weighted by Gasteiger charge is 2.11. The zero-order valence-corrected chi connectivity index (χ0v) is 13.1. The van der Waals surface area contributed by atoms with Crippen LogP contribution in [0.15, 0.2) is 42.7 Å². The van der Waals surface area contributed by atoms with Crippen molar-refractivity contribution in [3.8, 4) is 6.07 Å². The van der Waals surface area contributed by atoms with Crippen molar-refractivity contribution in [2.24, 2.45) is 0 Å². The largest absolute Gasteiger partial charge is 0.370 e. The van der Waals surface area contributed by atoms with Crippen LogP contribution in [0.4, 0.5) is 5.00 Å². The molecule has 0 aliphatic rings. The van der Waals surface area contributed by atoms with Crippen molar-refractivity contribution >= 4 is 28.1 Å². The number of benzene rings is 1. The lowest BCUT2D eigenvalue weighted by molar-refractivity contribution is 0.686. The van der Waals surface area contributed by atoms with Gasteiger partial charge in [-0.05, 0) is 28.7 Å². The van der Waals surface area contributed by atoms with Crippen LogP contribution in [0, 0.1) is 11.3 Å². The SMILES string of the molecule is N#Cc1c(Cl)nsc1NCc1ccc(Cn2cccn2)cc1. The zero-order valence-electron chi connectivity index (χ0n) is 11.5. The van der Waals surface area contributed by atoms with Gasteiger partial charge in [-0.1, -0.05) is 35.9 Å². The summed E-state index contributed by atoms with van der Waals surface area (Å²) < 4.78 is 5.85. The monoisotopic (exact) mass is 329 g/mol. The predicted octanol–water partition coefficient (Wildman–Crippen LogP) is 3.53. The summed E-state index contributed by atoms with van der Waals surface area (Å²) in [5, 5.41) is 17.4. The number of hydrogen-bond donors (Lipinski definition) is 1. The van der Waals surface area contributed by atoms with E-state index < -0.39 is 0 Å². The summed E-state index contributed by atoms with van der Waals surface area (Å²) in [6.07, 6.45) is 3.71. The van der Waals surface area contributed by atoms with E-state index in [9.17, 15) is 0 Å². The third-order valence-corrected chi connectivity index (χ3v) is 4.32. The van der Waals surface area contributed by atoms with E-state index in [1.54, 1.807) is 6.20 Å². The highest BCUT2D eigenvalue weighted by Crippen LogP contribution is 2.27. The summed E-state index contributed by atoms with van der Waals surface area (Å²) in [5.74, 6) is 0. The molecule has 0 atom stereocenters. The van der Waals surface area contributed by atoms with E-state index >= 15 is 0 Å². The molecule has 0 bridgehead atoms. The molecule has 0 saturated carbocycles. The van der Waals surface area contributed by atoms with Gasteiger partial charge in [0.05, 0.1) is 6.54 Å². The molecule has 1 N–H and O–H groups in total. The lowest BCUT2D eigenvalue weighted by atomic mass is 10.1. The number of halogens is 1. The Labute approximate surface area is 136 Å². The van der Waals surface area contributed by atoms with E-state index in [4.69, 9.17) is 16.9 Å². The molecule has 1 aromatic carbocycles. The average molecular weight is 330 g/mol. The molecule has 0 unspecified atom stereocenters. The maximum absolute atomic E-state index is 9.03. The first-order chi connectivity index (χ1) is 10.8. The van der Waals surface area contributed by atoms with E-state index in [1.807, 2.05) is 16.9 Å². The first-order valence-corrected chi connectivity index (χ1v) is 7.76. The zero-order chi connectivity index (χ0) is 15.4. The summed E-state index contributed by atoms with van der Waals surface area (Å²) in [7, 11) is 0. The number of nitrogens with zero attached hydrogens (tertiary/aromatic N) is 4. The lowest BCUT2D eigenvalue weighted by Gasteiger charge is -2.06. The Hall–Kier alpha value is -2.36. The highest BCUT2D eigenvalue weighted by atomic mass is 35.5. The van der Waals surface area contributed by atoms with E-state index in [0.29, 0.717) is 17.1 Å². The molecule has 3 aromatic rings. The van der Waals surface area contributed by atoms with Crippen molar-refractivity contribution < 1.29 is 0 Å².